The highest BCUT2D eigenvalue weighted by atomic mass is 79.9. The second-order valence-corrected chi connectivity index (χ2v) is 5.79. The lowest BCUT2D eigenvalue weighted by molar-refractivity contribution is -0.133. The summed E-state index contributed by atoms with van der Waals surface area (Å²) in [5.74, 6) is -2.59. The third kappa shape index (κ3) is 3.14. The molecule has 7 heteroatoms. The van der Waals surface area contributed by atoms with E-state index in [1.54, 1.807) is 0 Å². The van der Waals surface area contributed by atoms with Crippen LogP contribution in [-0.2, 0) is 19.9 Å². The van der Waals surface area contributed by atoms with E-state index in [2.05, 4.69) is 21.2 Å². The lowest BCUT2D eigenvalue weighted by Gasteiger charge is -2.23. The molecule has 0 fully saturated rings. The predicted molar refractivity (Wildman–Crippen MR) is 80.7 cm³/mol. The Morgan fingerprint density at radius 2 is 2.23 bits per heavy atom. The molecule has 1 unspecified atom stereocenters. The number of aliphatic hydroxyl groups excluding tert-OH is 1. The first-order valence-corrected chi connectivity index (χ1v) is 7.79. The van der Waals surface area contributed by atoms with Gasteiger partial charge in [-0.1, -0.05) is 28.1 Å². The molecule has 2 N–H and O–H groups in total. The molecule has 1 aliphatic heterocycles. The van der Waals surface area contributed by atoms with Gasteiger partial charge in [-0.25, -0.2) is 4.39 Å². The monoisotopic (exact) mass is 371 g/mol. The van der Waals surface area contributed by atoms with Crippen molar-refractivity contribution in [2.45, 2.75) is 25.4 Å². The maximum Gasteiger partial charge on any atom is 0.250 e. The van der Waals surface area contributed by atoms with E-state index in [4.69, 9.17) is 4.74 Å². The molecule has 5 nitrogen and oxygen atoms in total. The van der Waals surface area contributed by atoms with Gasteiger partial charge in [0.15, 0.2) is 5.60 Å². The van der Waals surface area contributed by atoms with Gasteiger partial charge >= 0.3 is 0 Å². The fraction of sp³-hybridized carbons (Fsp3) is 0.333. The number of amides is 1. The zero-order valence-corrected chi connectivity index (χ0v) is 13.4. The van der Waals surface area contributed by atoms with Gasteiger partial charge in [0.05, 0.1) is 0 Å². The molecule has 1 heterocycles. The first kappa shape index (κ1) is 16.5. The second-order valence-electron chi connectivity index (χ2n) is 4.99. The number of Topliss-reactive ketones (excluding diaryl/α,β-unsaturated/α-hetero) is 1. The van der Waals surface area contributed by atoms with Gasteiger partial charge < -0.3 is 9.84 Å². The molecular weight excluding hydrogens is 357 g/mol. The summed E-state index contributed by atoms with van der Waals surface area (Å²) in [6.45, 7) is 1.41. The maximum absolute atomic E-state index is 13.3. The minimum absolute atomic E-state index is 0.219. The van der Waals surface area contributed by atoms with E-state index >= 15 is 0 Å². The van der Waals surface area contributed by atoms with E-state index < -0.39 is 23.0 Å². The molecule has 0 saturated heterocycles. The average molecular weight is 372 g/mol. The molecule has 0 bridgehead atoms. The highest BCUT2D eigenvalue weighted by Gasteiger charge is 2.48. The minimum atomic E-state index is -1.57. The van der Waals surface area contributed by atoms with Gasteiger partial charge in [-0.15, -0.1) is 0 Å². The van der Waals surface area contributed by atoms with Crippen molar-refractivity contribution in [2.75, 3.05) is 5.33 Å². The minimum Gasteiger partial charge on any atom is -0.501 e. The number of benzene rings is 1. The van der Waals surface area contributed by atoms with Crippen LogP contribution in [0.25, 0.3) is 0 Å². The van der Waals surface area contributed by atoms with E-state index in [9.17, 15) is 19.1 Å². The Balaban J connectivity index is 2.20. The summed E-state index contributed by atoms with van der Waals surface area (Å²) < 4.78 is 18.8. The quantitative estimate of drug-likeness (QED) is 0.780. The molecule has 2 rings (SSSR count). The van der Waals surface area contributed by atoms with Crippen molar-refractivity contribution in [2.24, 2.45) is 0 Å². The van der Waals surface area contributed by atoms with Crippen molar-refractivity contribution >= 4 is 27.6 Å². The Kier molecular flexibility index (Phi) is 4.85. The molecule has 0 saturated carbocycles. The molecule has 0 radical (unpaired) electrons. The maximum atomic E-state index is 13.3. The summed E-state index contributed by atoms with van der Waals surface area (Å²) in [4.78, 5) is 23.9. The van der Waals surface area contributed by atoms with Gasteiger partial charge in [-0.2, -0.15) is 0 Å². The van der Waals surface area contributed by atoms with E-state index in [1.165, 1.54) is 25.1 Å². The van der Waals surface area contributed by atoms with Crippen LogP contribution in [0.3, 0.4) is 0 Å². The van der Waals surface area contributed by atoms with E-state index in [0.29, 0.717) is 11.8 Å². The third-order valence-electron chi connectivity index (χ3n) is 3.34. The fourth-order valence-electron chi connectivity index (χ4n) is 2.10. The second kappa shape index (κ2) is 6.48. The number of hydrogen-bond donors (Lipinski definition) is 2. The molecule has 118 valence electrons. The highest BCUT2D eigenvalue weighted by Crippen LogP contribution is 2.37. The lowest BCUT2D eigenvalue weighted by Crippen LogP contribution is -2.32. The molecule has 0 spiro atoms. The standard InChI is InChI=1S/C15H15BrFNO4/c1-15(9-4-2-5-10(17)8-9)13(21)12(20)14(22-15)18-11(19)6-3-7-16/h2,4-5,8,20H,3,6-7H2,1H3,(H,18,19). The summed E-state index contributed by atoms with van der Waals surface area (Å²) >= 11 is 3.21. The SMILES string of the molecule is CC1(c2cccc(F)c2)OC(NC(=O)CCCBr)=C(O)C1=O. The molecule has 0 aliphatic carbocycles. The van der Waals surface area contributed by atoms with Gasteiger partial charge in [-0.05, 0) is 25.5 Å². The summed E-state index contributed by atoms with van der Waals surface area (Å²) in [6, 6.07) is 5.35. The molecule has 22 heavy (non-hydrogen) atoms. The van der Waals surface area contributed by atoms with Crippen LogP contribution in [0.5, 0.6) is 0 Å². The zero-order chi connectivity index (χ0) is 16.3. The lowest BCUT2D eigenvalue weighted by atomic mass is 9.91. The van der Waals surface area contributed by atoms with Gasteiger partial charge in [0.25, 0.3) is 5.78 Å². The van der Waals surface area contributed by atoms with Gasteiger partial charge in [0.2, 0.25) is 17.5 Å². The molecule has 1 amide bonds. The van der Waals surface area contributed by atoms with Crippen LogP contribution in [0.4, 0.5) is 4.39 Å². The van der Waals surface area contributed by atoms with Crippen LogP contribution in [0.2, 0.25) is 0 Å². The van der Waals surface area contributed by atoms with Crippen LogP contribution in [0.15, 0.2) is 35.9 Å². The average Bonchev–Trinajstić information content (AvgIpc) is 2.70. The molecule has 0 aromatic heterocycles. The summed E-state index contributed by atoms with van der Waals surface area (Å²) in [6.07, 6.45) is 0.825. The number of ether oxygens (including phenoxy) is 1. The van der Waals surface area contributed by atoms with Gasteiger partial charge in [0.1, 0.15) is 5.82 Å². The first-order valence-electron chi connectivity index (χ1n) is 6.67. The van der Waals surface area contributed by atoms with Crippen LogP contribution in [0, 0.1) is 5.82 Å². The van der Waals surface area contributed by atoms with Gasteiger partial charge in [-0.3, -0.25) is 14.9 Å². The zero-order valence-electron chi connectivity index (χ0n) is 11.9. The number of carbonyl (C=O) groups excluding carboxylic acids is 2. The summed E-state index contributed by atoms with van der Waals surface area (Å²) in [5.41, 5.74) is -1.31. The van der Waals surface area contributed by atoms with Crippen molar-refractivity contribution in [3.8, 4) is 0 Å². The number of halogens is 2. The van der Waals surface area contributed by atoms with Crippen LogP contribution >= 0.6 is 15.9 Å². The Hall–Kier alpha value is -1.89. The summed E-state index contributed by atoms with van der Waals surface area (Å²) in [7, 11) is 0. The smallest absolute Gasteiger partial charge is 0.250 e. The fourth-order valence-corrected chi connectivity index (χ4v) is 2.38. The Bertz CT molecular complexity index is 646. The number of carbonyl (C=O) groups is 2. The number of ketones is 1. The van der Waals surface area contributed by atoms with E-state index in [-0.39, 0.29) is 23.8 Å². The normalized spacial score (nSPS) is 21.0. The molecule has 1 aromatic carbocycles. The summed E-state index contributed by atoms with van der Waals surface area (Å²) in [5, 5.41) is 12.9. The van der Waals surface area contributed by atoms with Gasteiger partial charge in [0, 0.05) is 17.3 Å². The van der Waals surface area contributed by atoms with Crippen molar-refractivity contribution in [3.63, 3.8) is 0 Å². The largest absolute Gasteiger partial charge is 0.501 e. The topological polar surface area (TPSA) is 75.6 Å². The van der Waals surface area contributed by atoms with Crippen molar-refractivity contribution in [3.05, 3.63) is 47.3 Å². The molecular formula is C15H15BrFNO4. The van der Waals surface area contributed by atoms with Crippen molar-refractivity contribution in [1.82, 2.24) is 5.32 Å². The molecule has 1 atom stereocenters. The van der Waals surface area contributed by atoms with E-state index in [0.717, 1.165) is 6.07 Å². The van der Waals surface area contributed by atoms with Crippen LogP contribution in [0.1, 0.15) is 25.3 Å². The van der Waals surface area contributed by atoms with Crippen LogP contribution < -0.4 is 5.32 Å². The Labute approximate surface area is 135 Å². The number of rotatable bonds is 5. The van der Waals surface area contributed by atoms with Crippen molar-refractivity contribution < 1.29 is 23.8 Å². The molecule has 1 aliphatic rings. The number of aliphatic hydroxyl groups is 1. The Morgan fingerprint density at radius 1 is 1.50 bits per heavy atom. The number of alkyl halides is 1. The third-order valence-corrected chi connectivity index (χ3v) is 3.90. The first-order chi connectivity index (χ1) is 10.4. The number of nitrogens with one attached hydrogen (secondary N) is 1. The van der Waals surface area contributed by atoms with Crippen molar-refractivity contribution in [1.29, 1.82) is 0 Å². The van der Waals surface area contributed by atoms with Crippen LogP contribution in [-0.4, -0.2) is 22.1 Å². The molecule has 1 aromatic rings. The Morgan fingerprint density at radius 3 is 2.86 bits per heavy atom. The predicted octanol–water partition coefficient (Wildman–Crippen LogP) is 2.66. The number of hydrogen-bond acceptors (Lipinski definition) is 4. The highest BCUT2D eigenvalue weighted by molar-refractivity contribution is 9.09. The van der Waals surface area contributed by atoms with E-state index in [1.807, 2.05) is 0 Å².